The summed E-state index contributed by atoms with van der Waals surface area (Å²) in [6.07, 6.45) is 2.12. The molecule has 3 unspecified atom stereocenters. The third kappa shape index (κ3) is 3.38. The van der Waals surface area contributed by atoms with Crippen LogP contribution < -0.4 is 15.2 Å². The number of nitrogens with two attached hydrogens (primary N) is 1. The largest absolute Gasteiger partial charge is 0.494 e. The molecule has 0 radical (unpaired) electrons. The Morgan fingerprint density at radius 2 is 2.00 bits per heavy atom. The summed E-state index contributed by atoms with van der Waals surface area (Å²) in [5.74, 6) is 3.77. The van der Waals surface area contributed by atoms with Gasteiger partial charge in [0.1, 0.15) is 17.6 Å². The third-order valence-electron chi connectivity index (χ3n) is 5.72. The van der Waals surface area contributed by atoms with Gasteiger partial charge in [0.2, 0.25) is 11.7 Å². The second-order valence-corrected chi connectivity index (χ2v) is 7.87. The van der Waals surface area contributed by atoms with Crippen LogP contribution in [0.5, 0.6) is 11.5 Å². The van der Waals surface area contributed by atoms with Gasteiger partial charge in [-0.3, -0.25) is 0 Å². The molecule has 0 spiro atoms. The summed E-state index contributed by atoms with van der Waals surface area (Å²) < 4.78 is 17.5. The van der Waals surface area contributed by atoms with E-state index >= 15 is 0 Å². The smallest absolute Gasteiger partial charge is 0.230 e. The van der Waals surface area contributed by atoms with Crippen molar-refractivity contribution in [2.75, 3.05) is 6.61 Å². The summed E-state index contributed by atoms with van der Waals surface area (Å²) in [5.41, 5.74) is 10.1. The van der Waals surface area contributed by atoms with E-state index in [0.29, 0.717) is 30.8 Å². The molecule has 1 saturated carbocycles. The molecule has 1 aromatic heterocycles. The molecule has 0 bridgehead atoms. The Kier molecular flexibility index (Phi) is 4.51. The molecule has 0 amide bonds. The van der Waals surface area contributed by atoms with E-state index in [1.165, 1.54) is 11.1 Å². The first-order valence-corrected chi connectivity index (χ1v) is 10.3. The minimum absolute atomic E-state index is 0.217. The molecule has 3 atom stereocenters. The van der Waals surface area contributed by atoms with E-state index in [1.54, 1.807) is 0 Å². The Labute approximate surface area is 170 Å². The highest BCUT2D eigenvalue weighted by Crippen LogP contribution is 2.57. The standard InChI is InChI=1S/C23H25N3O3/c1-3-27-21-9-16-8-13(2)28-20(16)11-18(21)17-10-19(17)23-25-22(26-29-23)15-6-4-14(12-24)5-7-15/h4-7,9,11,13,17,19H,3,8,10,12,24H2,1-2H3. The molecular weight excluding hydrogens is 366 g/mol. The lowest BCUT2D eigenvalue weighted by Gasteiger charge is -2.12. The zero-order valence-electron chi connectivity index (χ0n) is 16.7. The first kappa shape index (κ1) is 18.2. The van der Waals surface area contributed by atoms with Gasteiger partial charge in [0.15, 0.2) is 0 Å². The van der Waals surface area contributed by atoms with E-state index in [9.17, 15) is 0 Å². The molecule has 150 valence electrons. The monoisotopic (exact) mass is 391 g/mol. The van der Waals surface area contributed by atoms with E-state index in [2.05, 4.69) is 29.2 Å². The van der Waals surface area contributed by atoms with Gasteiger partial charge in [-0.15, -0.1) is 0 Å². The lowest BCUT2D eigenvalue weighted by atomic mass is 10.0. The van der Waals surface area contributed by atoms with Crippen LogP contribution in [-0.4, -0.2) is 22.9 Å². The van der Waals surface area contributed by atoms with Gasteiger partial charge in [0.25, 0.3) is 0 Å². The van der Waals surface area contributed by atoms with Crippen LogP contribution in [0.1, 0.15) is 54.7 Å². The predicted molar refractivity (Wildman–Crippen MR) is 109 cm³/mol. The van der Waals surface area contributed by atoms with Crippen molar-refractivity contribution in [1.29, 1.82) is 0 Å². The first-order valence-electron chi connectivity index (χ1n) is 10.3. The van der Waals surface area contributed by atoms with Gasteiger partial charge in [-0.05, 0) is 38.0 Å². The Balaban J connectivity index is 1.38. The summed E-state index contributed by atoms with van der Waals surface area (Å²) in [6, 6.07) is 12.2. The predicted octanol–water partition coefficient (Wildman–Crippen LogP) is 4.19. The highest BCUT2D eigenvalue weighted by atomic mass is 16.5. The second-order valence-electron chi connectivity index (χ2n) is 7.87. The van der Waals surface area contributed by atoms with Gasteiger partial charge in [-0.1, -0.05) is 29.4 Å². The number of rotatable bonds is 6. The SMILES string of the molecule is CCOc1cc2c(cc1C1CC1c1nc(-c3ccc(CN)cc3)no1)OC(C)C2. The average molecular weight is 391 g/mol. The summed E-state index contributed by atoms with van der Waals surface area (Å²) in [4.78, 5) is 4.65. The van der Waals surface area contributed by atoms with Crippen molar-refractivity contribution in [2.24, 2.45) is 5.73 Å². The van der Waals surface area contributed by atoms with Crippen molar-refractivity contribution in [2.45, 2.75) is 51.2 Å². The molecule has 2 N–H and O–H groups in total. The normalized spacial score (nSPS) is 22.2. The van der Waals surface area contributed by atoms with Crippen molar-refractivity contribution in [1.82, 2.24) is 10.1 Å². The molecule has 2 heterocycles. The number of aromatic nitrogens is 2. The van der Waals surface area contributed by atoms with E-state index in [0.717, 1.165) is 35.5 Å². The van der Waals surface area contributed by atoms with Gasteiger partial charge in [0, 0.05) is 41.5 Å². The van der Waals surface area contributed by atoms with E-state index in [1.807, 2.05) is 31.2 Å². The van der Waals surface area contributed by atoms with Crippen LogP contribution >= 0.6 is 0 Å². The minimum atomic E-state index is 0.217. The molecule has 2 aliphatic rings. The third-order valence-corrected chi connectivity index (χ3v) is 5.72. The van der Waals surface area contributed by atoms with Crippen LogP contribution in [0.3, 0.4) is 0 Å². The first-order chi connectivity index (χ1) is 14.2. The lowest BCUT2D eigenvalue weighted by Crippen LogP contribution is -2.05. The van der Waals surface area contributed by atoms with Crippen molar-refractivity contribution >= 4 is 0 Å². The number of hydrogen-bond donors (Lipinski definition) is 1. The molecule has 6 heteroatoms. The molecule has 29 heavy (non-hydrogen) atoms. The Hall–Kier alpha value is -2.86. The molecule has 5 rings (SSSR count). The molecule has 1 aliphatic heterocycles. The maximum Gasteiger partial charge on any atom is 0.230 e. The Morgan fingerprint density at radius 3 is 2.76 bits per heavy atom. The molecule has 6 nitrogen and oxygen atoms in total. The minimum Gasteiger partial charge on any atom is -0.494 e. The second kappa shape index (κ2) is 7.19. The zero-order chi connectivity index (χ0) is 20.0. The number of nitrogens with zero attached hydrogens (tertiary/aromatic N) is 2. The van der Waals surface area contributed by atoms with Crippen molar-refractivity contribution in [3.63, 3.8) is 0 Å². The highest BCUT2D eigenvalue weighted by molar-refractivity contribution is 5.56. The molecule has 1 fully saturated rings. The lowest BCUT2D eigenvalue weighted by molar-refractivity contribution is 0.254. The fourth-order valence-corrected chi connectivity index (χ4v) is 4.13. The molecule has 0 saturated heterocycles. The molecule has 3 aromatic rings. The quantitative estimate of drug-likeness (QED) is 0.678. The Bertz CT molecular complexity index is 1030. The topological polar surface area (TPSA) is 83.4 Å². The van der Waals surface area contributed by atoms with Gasteiger partial charge in [0.05, 0.1) is 6.61 Å². The van der Waals surface area contributed by atoms with Gasteiger partial charge >= 0.3 is 0 Å². The number of hydrogen-bond acceptors (Lipinski definition) is 6. The zero-order valence-corrected chi connectivity index (χ0v) is 16.7. The molecular formula is C23H25N3O3. The summed E-state index contributed by atoms with van der Waals surface area (Å²) in [6.45, 7) is 5.27. The maximum atomic E-state index is 5.96. The van der Waals surface area contributed by atoms with Crippen LogP contribution in [0, 0.1) is 0 Å². The summed E-state index contributed by atoms with van der Waals surface area (Å²) >= 11 is 0. The van der Waals surface area contributed by atoms with Gasteiger partial charge in [-0.2, -0.15) is 4.98 Å². The average Bonchev–Trinajstić information content (AvgIpc) is 3.20. The van der Waals surface area contributed by atoms with Gasteiger partial charge in [-0.25, -0.2) is 0 Å². The van der Waals surface area contributed by atoms with Gasteiger partial charge < -0.3 is 19.7 Å². The van der Waals surface area contributed by atoms with Crippen molar-refractivity contribution < 1.29 is 14.0 Å². The number of fused-ring (bicyclic) bond motifs is 1. The summed E-state index contributed by atoms with van der Waals surface area (Å²) in [7, 11) is 0. The van der Waals surface area contributed by atoms with Crippen LogP contribution in [0.4, 0.5) is 0 Å². The number of ether oxygens (including phenoxy) is 2. The van der Waals surface area contributed by atoms with Crippen LogP contribution in [0.25, 0.3) is 11.4 Å². The fourth-order valence-electron chi connectivity index (χ4n) is 4.13. The van der Waals surface area contributed by atoms with E-state index in [4.69, 9.17) is 19.7 Å². The van der Waals surface area contributed by atoms with Crippen LogP contribution in [-0.2, 0) is 13.0 Å². The van der Waals surface area contributed by atoms with Crippen molar-refractivity contribution in [3.05, 3.63) is 59.0 Å². The Morgan fingerprint density at radius 1 is 1.17 bits per heavy atom. The maximum absolute atomic E-state index is 5.96. The van der Waals surface area contributed by atoms with E-state index < -0.39 is 0 Å². The summed E-state index contributed by atoms with van der Waals surface area (Å²) in [5, 5.41) is 4.18. The van der Waals surface area contributed by atoms with Crippen molar-refractivity contribution in [3.8, 4) is 22.9 Å². The fraction of sp³-hybridized carbons (Fsp3) is 0.391. The molecule has 1 aliphatic carbocycles. The van der Waals surface area contributed by atoms with E-state index in [-0.39, 0.29) is 12.0 Å². The highest BCUT2D eigenvalue weighted by Gasteiger charge is 2.46. The van der Waals surface area contributed by atoms with Crippen LogP contribution in [0.2, 0.25) is 0 Å². The molecule has 2 aromatic carbocycles. The van der Waals surface area contributed by atoms with Crippen LogP contribution in [0.15, 0.2) is 40.9 Å². The number of benzene rings is 2.